The second kappa shape index (κ2) is 7.61. The number of fused-ring (bicyclic) bond motifs is 3. The lowest BCUT2D eigenvalue weighted by Gasteiger charge is -2.43. The third kappa shape index (κ3) is 2.66. The molecule has 0 bridgehead atoms. The lowest BCUT2D eigenvalue weighted by atomic mass is 9.33. The van der Waals surface area contributed by atoms with Crippen molar-refractivity contribution in [3.63, 3.8) is 0 Å². The number of aromatic nitrogens is 1. The molecule has 0 fully saturated rings. The molecule has 3 aliphatic heterocycles. The summed E-state index contributed by atoms with van der Waals surface area (Å²) in [4.78, 5) is 2.34. The van der Waals surface area contributed by atoms with E-state index in [1.165, 1.54) is 21.7 Å². The van der Waals surface area contributed by atoms with E-state index < -0.39 is 0 Å². The third-order valence-corrected chi connectivity index (χ3v) is 8.84. The van der Waals surface area contributed by atoms with E-state index in [1.54, 1.807) is 0 Å². The normalized spacial score (nSPS) is 13.7. The zero-order valence-electron chi connectivity index (χ0n) is 21.9. The van der Waals surface area contributed by atoms with E-state index in [0.717, 1.165) is 62.2 Å². The number of ether oxygens (including phenoxy) is 2. The van der Waals surface area contributed by atoms with Crippen molar-refractivity contribution in [3.05, 3.63) is 127 Å². The van der Waals surface area contributed by atoms with Gasteiger partial charge < -0.3 is 18.9 Å². The highest BCUT2D eigenvalue weighted by Crippen LogP contribution is 2.47. The Balaban J connectivity index is 1.30. The van der Waals surface area contributed by atoms with Crippen molar-refractivity contribution in [3.8, 4) is 28.7 Å². The predicted octanol–water partition coefficient (Wildman–Crippen LogP) is 7.29. The van der Waals surface area contributed by atoms with Crippen molar-refractivity contribution >= 4 is 62.0 Å². The topological polar surface area (TPSA) is 26.6 Å². The van der Waals surface area contributed by atoms with Crippen molar-refractivity contribution in [2.24, 2.45) is 0 Å². The van der Waals surface area contributed by atoms with Crippen LogP contribution in [-0.4, -0.2) is 11.3 Å². The highest BCUT2D eigenvalue weighted by Gasteiger charge is 2.48. The van der Waals surface area contributed by atoms with Crippen LogP contribution in [0.2, 0.25) is 0 Å². The molecule has 0 atom stereocenters. The van der Waals surface area contributed by atoms with Crippen LogP contribution < -0.4 is 30.8 Å². The quantitative estimate of drug-likeness (QED) is 0.222. The Kier molecular flexibility index (Phi) is 3.98. The summed E-state index contributed by atoms with van der Waals surface area (Å²) in [5.41, 5.74) is 10.2. The van der Waals surface area contributed by atoms with Gasteiger partial charge in [0, 0.05) is 33.3 Å². The molecule has 0 N–H and O–H groups in total. The fourth-order valence-electron chi connectivity index (χ4n) is 7.26. The lowest BCUT2D eigenvalue weighted by molar-refractivity contribution is 0.463. The zero-order valence-corrected chi connectivity index (χ0v) is 21.9. The van der Waals surface area contributed by atoms with Crippen LogP contribution in [0.3, 0.4) is 0 Å². The second-order valence-electron chi connectivity index (χ2n) is 10.9. The van der Waals surface area contributed by atoms with Gasteiger partial charge in [-0.2, -0.15) is 0 Å². The van der Waals surface area contributed by atoms with Crippen molar-refractivity contribution in [1.82, 2.24) is 4.57 Å². The van der Waals surface area contributed by atoms with Gasteiger partial charge in [0.2, 0.25) is 0 Å². The standard InChI is InChI=1S/C36H21BN2O2/c1-2-10-22(11-3-1)38-27-16-8-18-30-33(27)37-34-28(38)17-9-19-31(34)41-36-29(20-21-32(40-30)35(36)37)39-25-14-6-4-12-23(25)24-13-5-7-15-26(24)39/h1-21H. The number of nitrogens with zero attached hydrogens (tertiary/aromatic N) is 2. The monoisotopic (exact) mass is 524 g/mol. The van der Waals surface area contributed by atoms with Crippen LogP contribution in [0.5, 0.6) is 23.0 Å². The maximum atomic E-state index is 6.96. The Hall–Kier alpha value is -5.42. The fraction of sp³-hybridized carbons (Fsp3) is 0. The first kappa shape index (κ1) is 21.4. The molecule has 0 amide bonds. The Morgan fingerprint density at radius 2 is 1.02 bits per heavy atom. The van der Waals surface area contributed by atoms with E-state index in [9.17, 15) is 0 Å². The van der Waals surface area contributed by atoms with Crippen LogP contribution in [0, 0.1) is 0 Å². The maximum absolute atomic E-state index is 6.96. The number of hydrogen-bond donors (Lipinski definition) is 0. The van der Waals surface area contributed by atoms with Gasteiger partial charge in [-0.1, -0.05) is 66.7 Å². The van der Waals surface area contributed by atoms with Crippen LogP contribution in [0.1, 0.15) is 0 Å². The first-order chi connectivity index (χ1) is 20.4. The minimum atomic E-state index is 0.00732. The van der Waals surface area contributed by atoms with Crippen LogP contribution in [0.4, 0.5) is 17.1 Å². The molecule has 0 unspecified atom stereocenters. The van der Waals surface area contributed by atoms with Gasteiger partial charge in [-0.25, -0.2) is 0 Å². The maximum Gasteiger partial charge on any atom is 0.266 e. The van der Waals surface area contributed by atoms with E-state index in [4.69, 9.17) is 9.47 Å². The highest BCUT2D eigenvalue weighted by molar-refractivity contribution is 7.00. The van der Waals surface area contributed by atoms with Gasteiger partial charge in [0.15, 0.2) is 0 Å². The van der Waals surface area contributed by atoms with Gasteiger partial charge in [0.25, 0.3) is 6.71 Å². The molecular formula is C36H21BN2O2. The van der Waals surface area contributed by atoms with Gasteiger partial charge in [0.1, 0.15) is 23.0 Å². The number of para-hydroxylation sites is 3. The first-order valence-electron chi connectivity index (χ1n) is 14.0. The van der Waals surface area contributed by atoms with Crippen molar-refractivity contribution in [2.45, 2.75) is 0 Å². The average molecular weight is 524 g/mol. The van der Waals surface area contributed by atoms with Crippen molar-refractivity contribution in [1.29, 1.82) is 0 Å². The molecule has 4 nitrogen and oxygen atoms in total. The highest BCUT2D eigenvalue weighted by atomic mass is 16.5. The zero-order chi connectivity index (χ0) is 26.7. The van der Waals surface area contributed by atoms with Gasteiger partial charge in [-0.3, -0.25) is 0 Å². The largest absolute Gasteiger partial charge is 0.458 e. The average Bonchev–Trinajstić information content (AvgIpc) is 3.36. The molecule has 41 heavy (non-hydrogen) atoms. The first-order valence-corrected chi connectivity index (χ1v) is 14.0. The predicted molar refractivity (Wildman–Crippen MR) is 167 cm³/mol. The minimum absolute atomic E-state index is 0.00732. The van der Waals surface area contributed by atoms with Crippen LogP contribution in [0.25, 0.3) is 27.5 Å². The summed E-state index contributed by atoms with van der Waals surface area (Å²) in [7, 11) is 0. The molecule has 4 heterocycles. The molecule has 0 aliphatic carbocycles. The number of anilines is 3. The molecule has 0 spiro atoms. The number of hydrogen-bond acceptors (Lipinski definition) is 3. The number of benzene rings is 6. The Labute approximate surface area is 236 Å². The van der Waals surface area contributed by atoms with Crippen LogP contribution in [0.15, 0.2) is 127 Å². The fourth-order valence-corrected chi connectivity index (χ4v) is 7.26. The molecule has 1 aromatic heterocycles. The van der Waals surface area contributed by atoms with E-state index in [-0.39, 0.29) is 6.71 Å². The summed E-state index contributed by atoms with van der Waals surface area (Å²) in [5, 5.41) is 2.46. The molecule has 0 saturated heterocycles. The summed E-state index contributed by atoms with van der Waals surface area (Å²) < 4.78 is 16.0. The van der Waals surface area contributed by atoms with Gasteiger partial charge in [-0.15, -0.1) is 0 Å². The summed E-state index contributed by atoms with van der Waals surface area (Å²) in [6.45, 7) is 0.00732. The van der Waals surface area contributed by atoms with Crippen molar-refractivity contribution < 1.29 is 9.47 Å². The van der Waals surface area contributed by atoms with E-state index >= 15 is 0 Å². The van der Waals surface area contributed by atoms with E-state index in [2.05, 4.69) is 137 Å². The van der Waals surface area contributed by atoms with Gasteiger partial charge in [0.05, 0.1) is 16.7 Å². The molecule has 0 radical (unpaired) electrons. The molecular weight excluding hydrogens is 503 g/mol. The molecule has 5 heteroatoms. The summed E-state index contributed by atoms with van der Waals surface area (Å²) in [6, 6.07) is 44.9. The molecule has 10 rings (SSSR count). The molecule has 3 aliphatic rings. The Morgan fingerprint density at radius 1 is 0.439 bits per heavy atom. The summed E-state index contributed by atoms with van der Waals surface area (Å²) in [5.74, 6) is 3.51. The van der Waals surface area contributed by atoms with Gasteiger partial charge >= 0.3 is 0 Å². The van der Waals surface area contributed by atoms with Gasteiger partial charge in [-0.05, 0) is 71.6 Å². The van der Waals surface area contributed by atoms with Crippen molar-refractivity contribution in [2.75, 3.05) is 4.90 Å². The summed E-state index contributed by atoms with van der Waals surface area (Å²) >= 11 is 0. The third-order valence-electron chi connectivity index (χ3n) is 8.84. The Morgan fingerprint density at radius 3 is 1.71 bits per heavy atom. The number of rotatable bonds is 2. The smallest absolute Gasteiger partial charge is 0.266 e. The van der Waals surface area contributed by atoms with E-state index in [1.807, 2.05) is 0 Å². The second-order valence-corrected chi connectivity index (χ2v) is 10.9. The lowest BCUT2D eigenvalue weighted by Crippen LogP contribution is -2.61. The Bertz CT molecular complexity index is 2170. The molecule has 0 saturated carbocycles. The van der Waals surface area contributed by atoms with Crippen LogP contribution >= 0.6 is 0 Å². The molecule has 6 aromatic carbocycles. The summed E-state index contributed by atoms with van der Waals surface area (Å²) in [6.07, 6.45) is 0. The molecule has 190 valence electrons. The van der Waals surface area contributed by atoms with Crippen LogP contribution in [-0.2, 0) is 0 Å². The van der Waals surface area contributed by atoms with E-state index in [0.29, 0.717) is 0 Å². The minimum Gasteiger partial charge on any atom is -0.458 e. The SMILES string of the molecule is c1ccc(N2c3cccc4c3B3c5c(cccc52)Oc2c(-n5c6ccccc6c6ccccc65)ccc(c23)O4)cc1. The molecule has 7 aromatic rings.